The Labute approximate surface area is 192 Å². The molecule has 0 saturated carbocycles. The van der Waals surface area contributed by atoms with Crippen molar-refractivity contribution in [2.24, 2.45) is 0 Å². The molecule has 1 N–H and O–H groups in total. The normalized spacial score (nSPS) is 11.5. The Kier molecular flexibility index (Phi) is 11.2. The van der Waals surface area contributed by atoms with Crippen LogP contribution in [-0.4, -0.2) is 49.7 Å². The Balaban J connectivity index is 2.78. The molecule has 178 valence electrons. The first kappa shape index (κ1) is 27.5. The van der Waals surface area contributed by atoms with Crippen molar-refractivity contribution in [1.82, 2.24) is 0 Å². The van der Waals surface area contributed by atoms with Crippen molar-refractivity contribution in [1.29, 1.82) is 0 Å². The summed E-state index contributed by atoms with van der Waals surface area (Å²) < 4.78 is 21.5. The van der Waals surface area contributed by atoms with Gasteiger partial charge >= 0.3 is 12.1 Å². The van der Waals surface area contributed by atoms with E-state index in [0.717, 1.165) is 11.1 Å². The molecule has 0 atom stereocenters. The zero-order valence-corrected chi connectivity index (χ0v) is 20.2. The highest BCUT2D eigenvalue weighted by Crippen LogP contribution is 2.19. The first-order valence-corrected chi connectivity index (χ1v) is 10.8. The van der Waals surface area contributed by atoms with Gasteiger partial charge in [-0.1, -0.05) is 12.0 Å². The van der Waals surface area contributed by atoms with Gasteiger partial charge < -0.3 is 18.9 Å². The average molecular weight is 448 g/mol. The molecule has 1 aromatic rings. The second-order valence-corrected chi connectivity index (χ2v) is 9.37. The monoisotopic (exact) mass is 447 g/mol. The number of nitrogens with one attached hydrogen (secondary N) is 1. The van der Waals surface area contributed by atoms with E-state index in [1.165, 1.54) is 0 Å². The van der Waals surface area contributed by atoms with Crippen molar-refractivity contribution in [2.45, 2.75) is 72.0 Å². The largest absolute Gasteiger partial charge is 0.460 e. The molecule has 0 aliphatic heterocycles. The van der Waals surface area contributed by atoms with Gasteiger partial charge in [0.15, 0.2) is 0 Å². The Morgan fingerprint density at radius 3 is 2.06 bits per heavy atom. The molecule has 0 fully saturated rings. The number of carbonyl (C=O) groups is 2. The van der Waals surface area contributed by atoms with Crippen LogP contribution in [0, 0.1) is 12.3 Å². The van der Waals surface area contributed by atoms with Gasteiger partial charge in [-0.25, -0.2) is 4.79 Å². The van der Waals surface area contributed by atoms with E-state index in [1.807, 2.05) is 39.0 Å². The van der Waals surface area contributed by atoms with Crippen LogP contribution in [0.4, 0.5) is 10.5 Å². The van der Waals surface area contributed by atoms with Crippen LogP contribution in [0.25, 0.3) is 0 Å². The molecule has 7 heteroatoms. The molecule has 0 bridgehead atoms. The summed E-state index contributed by atoms with van der Waals surface area (Å²) in [5.74, 6) is 2.14. The van der Waals surface area contributed by atoms with E-state index in [1.54, 1.807) is 20.8 Å². The molecule has 0 radical (unpaired) electrons. The highest BCUT2D eigenvalue weighted by molar-refractivity contribution is 5.85. The summed E-state index contributed by atoms with van der Waals surface area (Å²) in [4.78, 5) is 24.3. The summed E-state index contributed by atoms with van der Waals surface area (Å²) in [6.07, 6.45) is 5.97. The quantitative estimate of drug-likeness (QED) is 0.305. The summed E-state index contributed by atoms with van der Waals surface area (Å²) in [7, 11) is 0. The van der Waals surface area contributed by atoms with Gasteiger partial charge in [-0.15, -0.1) is 6.42 Å². The third kappa shape index (κ3) is 13.7. The lowest BCUT2D eigenvalue weighted by atomic mass is 10.0. The van der Waals surface area contributed by atoms with Gasteiger partial charge in [-0.2, -0.15) is 0 Å². The van der Waals surface area contributed by atoms with Crippen LogP contribution < -0.4 is 5.32 Å². The number of hydrogen-bond acceptors (Lipinski definition) is 6. The Morgan fingerprint density at radius 2 is 1.47 bits per heavy atom. The lowest BCUT2D eigenvalue weighted by Gasteiger charge is -2.20. The van der Waals surface area contributed by atoms with Gasteiger partial charge in [0.05, 0.1) is 19.8 Å². The summed E-state index contributed by atoms with van der Waals surface area (Å²) >= 11 is 0. The minimum absolute atomic E-state index is 0.246. The van der Waals surface area contributed by atoms with E-state index in [-0.39, 0.29) is 19.0 Å². The number of amides is 1. The minimum atomic E-state index is -0.601. The third-order valence-corrected chi connectivity index (χ3v) is 3.83. The zero-order valence-electron chi connectivity index (χ0n) is 20.2. The number of hydrogen-bond donors (Lipinski definition) is 1. The van der Waals surface area contributed by atoms with Crippen LogP contribution in [-0.2, 0) is 36.6 Å². The van der Waals surface area contributed by atoms with E-state index in [9.17, 15) is 9.59 Å². The standard InChI is InChI=1S/C25H37NO6/c1-8-12-29-14-15-30-13-11-20-16-19(9-10-22(27)31-24(2,3)4)17-21(18-20)26-23(28)32-25(5,6)7/h1,16-18H,9-15H2,2-7H3,(H,26,28). The van der Waals surface area contributed by atoms with Crippen LogP contribution in [0.15, 0.2) is 18.2 Å². The molecule has 1 rings (SSSR count). The smallest absolute Gasteiger partial charge is 0.412 e. The van der Waals surface area contributed by atoms with E-state index < -0.39 is 17.3 Å². The van der Waals surface area contributed by atoms with Gasteiger partial charge in [0, 0.05) is 12.1 Å². The molecule has 1 amide bonds. The van der Waals surface area contributed by atoms with Crippen LogP contribution in [0.2, 0.25) is 0 Å². The van der Waals surface area contributed by atoms with Gasteiger partial charge in [-0.3, -0.25) is 10.1 Å². The third-order valence-electron chi connectivity index (χ3n) is 3.83. The molecule has 0 aliphatic carbocycles. The molecule has 32 heavy (non-hydrogen) atoms. The maximum Gasteiger partial charge on any atom is 0.412 e. The van der Waals surface area contributed by atoms with Crippen LogP contribution >= 0.6 is 0 Å². The fourth-order valence-corrected chi connectivity index (χ4v) is 2.72. The van der Waals surface area contributed by atoms with Crippen molar-refractivity contribution in [2.75, 3.05) is 31.7 Å². The Hall–Kier alpha value is -2.56. The van der Waals surface area contributed by atoms with Gasteiger partial charge in [-0.05, 0) is 77.6 Å². The van der Waals surface area contributed by atoms with Gasteiger partial charge in [0.2, 0.25) is 0 Å². The van der Waals surface area contributed by atoms with Crippen molar-refractivity contribution in [3.05, 3.63) is 29.3 Å². The second-order valence-electron chi connectivity index (χ2n) is 9.37. The van der Waals surface area contributed by atoms with Gasteiger partial charge in [0.1, 0.15) is 17.8 Å². The maximum atomic E-state index is 12.2. The average Bonchev–Trinajstić information content (AvgIpc) is 2.62. The van der Waals surface area contributed by atoms with Crippen molar-refractivity contribution in [3.63, 3.8) is 0 Å². The molecule has 0 saturated heterocycles. The van der Waals surface area contributed by atoms with E-state index in [0.29, 0.717) is 38.3 Å². The summed E-state index contributed by atoms with van der Waals surface area (Å²) in [5, 5.41) is 2.77. The fourth-order valence-electron chi connectivity index (χ4n) is 2.72. The predicted octanol–water partition coefficient (Wildman–Crippen LogP) is 4.52. The topological polar surface area (TPSA) is 83.1 Å². The first-order valence-electron chi connectivity index (χ1n) is 10.8. The maximum absolute atomic E-state index is 12.2. The SMILES string of the molecule is C#CCOCCOCCc1cc(CCC(=O)OC(C)(C)C)cc(NC(=O)OC(C)(C)C)c1. The first-order chi connectivity index (χ1) is 14.9. The summed E-state index contributed by atoms with van der Waals surface area (Å²) in [5.41, 5.74) is 1.37. The van der Waals surface area contributed by atoms with Crippen molar-refractivity contribution < 1.29 is 28.5 Å². The van der Waals surface area contributed by atoms with Gasteiger partial charge in [0.25, 0.3) is 0 Å². The fraction of sp³-hybridized carbons (Fsp3) is 0.600. The molecule has 0 aliphatic rings. The summed E-state index contributed by atoms with van der Waals surface area (Å²) in [6, 6.07) is 5.72. The Bertz CT molecular complexity index is 783. The Morgan fingerprint density at radius 1 is 0.875 bits per heavy atom. The lowest BCUT2D eigenvalue weighted by molar-refractivity contribution is -0.154. The molecular formula is C25H37NO6. The second kappa shape index (κ2) is 13.1. The minimum Gasteiger partial charge on any atom is -0.460 e. The van der Waals surface area contributed by atoms with Crippen LogP contribution in [0.3, 0.4) is 0 Å². The number of ether oxygens (including phenoxy) is 4. The number of benzene rings is 1. The lowest BCUT2D eigenvalue weighted by Crippen LogP contribution is -2.27. The van der Waals surface area contributed by atoms with Crippen LogP contribution in [0.5, 0.6) is 0 Å². The predicted molar refractivity (Wildman–Crippen MR) is 125 cm³/mol. The molecule has 0 aromatic heterocycles. The molecule has 0 heterocycles. The molecule has 1 aromatic carbocycles. The molecule has 0 unspecified atom stereocenters. The van der Waals surface area contributed by atoms with E-state index in [2.05, 4.69) is 11.2 Å². The highest BCUT2D eigenvalue weighted by atomic mass is 16.6. The molecule has 0 spiro atoms. The number of carbonyl (C=O) groups excluding carboxylic acids is 2. The highest BCUT2D eigenvalue weighted by Gasteiger charge is 2.18. The van der Waals surface area contributed by atoms with Crippen LogP contribution in [0.1, 0.15) is 59.1 Å². The number of aryl methyl sites for hydroxylation is 1. The van der Waals surface area contributed by atoms with E-state index >= 15 is 0 Å². The zero-order chi connectivity index (χ0) is 24.2. The summed E-state index contributed by atoms with van der Waals surface area (Å²) in [6.45, 7) is 12.6. The van der Waals surface area contributed by atoms with Crippen molar-refractivity contribution in [3.8, 4) is 12.3 Å². The number of terminal acetylenes is 1. The molecular weight excluding hydrogens is 410 g/mol. The van der Waals surface area contributed by atoms with E-state index in [4.69, 9.17) is 25.4 Å². The number of anilines is 1. The number of esters is 1. The molecule has 7 nitrogen and oxygen atoms in total. The number of rotatable bonds is 11. The van der Waals surface area contributed by atoms with Crippen molar-refractivity contribution >= 4 is 17.7 Å².